The smallest absolute Gasteiger partial charge is 0.151 e. The number of carbonyl (C=O) groups excluding carboxylic acids is 1. The summed E-state index contributed by atoms with van der Waals surface area (Å²) in [6.45, 7) is 7.94. The molecule has 0 aliphatic rings. The predicted molar refractivity (Wildman–Crippen MR) is 78.9 cm³/mol. The van der Waals surface area contributed by atoms with Crippen LogP contribution in [0.5, 0.6) is 5.75 Å². The van der Waals surface area contributed by atoms with Crippen molar-refractivity contribution in [2.75, 3.05) is 21.2 Å². The first-order valence-corrected chi connectivity index (χ1v) is 6.64. The van der Waals surface area contributed by atoms with Crippen LogP contribution in [0.15, 0.2) is 12.1 Å². The summed E-state index contributed by atoms with van der Waals surface area (Å²) in [5.41, 5.74) is 3.31. The van der Waals surface area contributed by atoms with Gasteiger partial charge >= 0.3 is 0 Å². The SMILES string of the molecule is COc1cc(C)c(C(C(C)=O)N(C)C)cc1C(C)C. The predicted octanol–water partition coefficient (Wildman–Crippen LogP) is 3.32. The van der Waals surface area contributed by atoms with Crippen molar-refractivity contribution in [3.63, 3.8) is 0 Å². The Hall–Kier alpha value is -1.35. The number of rotatable bonds is 5. The van der Waals surface area contributed by atoms with Crippen LogP contribution in [-0.2, 0) is 4.79 Å². The fourth-order valence-corrected chi connectivity index (χ4v) is 2.50. The number of ether oxygens (including phenoxy) is 1. The molecule has 0 bridgehead atoms. The molecular formula is C16H25NO2. The molecule has 1 atom stereocenters. The number of methoxy groups -OCH3 is 1. The van der Waals surface area contributed by atoms with Crippen molar-refractivity contribution in [3.05, 3.63) is 28.8 Å². The van der Waals surface area contributed by atoms with Gasteiger partial charge < -0.3 is 4.74 Å². The van der Waals surface area contributed by atoms with Crippen LogP contribution in [0.25, 0.3) is 0 Å². The van der Waals surface area contributed by atoms with Crippen molar-refractivity contribution in [3.8, 4) is 5.75 Å². The quantitative estimate of drug-likeness (QED) is 0.816. The largest absolute Gasteiger partial charge is 0.496 e. The van der Waals surface area contributed by atoms with Crippen LogP contribution in [0.3, 0.4) is 0 Å². The van der Waals surface area contributed by atoms with Crippen molar-refractivity contribution < 1.29 is 9.53 Å². The second kappa shape index (κ2) is 6.20. The van der Waals surface area contributed by atoms with Gasteiger partial charge in [0.1, 0.15) is 5.75 Å². The summed E-state index contributed by atoms with van der Waals surface area (Å²) in [6, 6.07) is 3.96. The molecule has 1 aromatic carbocycles. The molecule has 0 saturated carbocycles. The first-order valence-electron chi connectivity index (χ1n) is 6.64. The minimum absolute atomic E-state index is 0.160. The molecule has 3 heteroatoms. The molecule has 0 aliphatic heterocycles. The monoisotopic (exact) mass is 263 g/mol. The van der Waals surface area contributed by atoms with Crippen molar-refractivity contribution >= 4 is 5.78 Å². The van der Waals surface area contributed by atoms with Crippen LogP contribution < -0.4 is 4.74 Å². The molecule has 0 radical (unpaired) electrons. The standard InChI is InChI=1S/C16H25NO2/c1-10(2)13-9-14(11(3)8-15(13)19-7)16(12(4)18)17(5)6/h8-10,16H,1-7H3. The molecule has 0 aliphatic carbocycles. The number of hydrogen-bond acceptors (Lipinski definition) is 3. The van der Waals surface area contributed by atoms with Gasteiger partial charge in [-0.1, -0.05) is 13.8 Å². The second-order valence-electron chi connectivity index (χ2n) is 5.58. The first-order chi connectivity index (χ1) is 8.79. The lowest BCUT2D eigenvalue weighted by Crippen LogP contribution is -2.27. The fourth-order valence-electron chi connectivity index (χ4n) is 2.50. The molecule has 1 unspecified atom stereocenters. The molecular weight excluding hydrogens is 238 g/mol. The van der Waals surface area contributed by atoms with E-state index < -0.39 is 0 Å². The minimum atomic E-state index is -0.191. The first kappa shape index (κ1) is 15.7. The Morgan fingerprint density at radius 2 is 1.79 bits per heavy atom. The molecule has 0 N–H and O–H groups in total. The molecule has 3 nitrogen and oxygen atoms in total. The normalized spacial score (nSPS) is 12.9. The van der Waals surface area contributed by atoms with Crippen LogP contribution in [-0.4, -0.2) is 31.9 Å². The maximum Gasteiger partial charge on any atom is 0.151 e. The highest BCUT2D eigenvalue weighted by molar-refractivity contribution is 5.83. The minimum Gasteiger partial charge on any atom is -0.496 e. The molecule has 1 aromatic rings. The van der Waals surface area contributed by atoms with Crippen molar-refractivity contribution in [1.29, 1.82) is 0 Å². The Labute approximate surface area is 116 Å². The van der Waals surface area contributed by atoms with Crippen molar-refractivity contribution in [1.82, 2.24) is 4.90 Å². The summed E-state index contributed by atoms with van der Waals surface area (Å²) in [5.74, 6) is 1.43. The van der Waals surface area contributed by atoms with Crippen LogP contribution in [0.1, 0.15) is 49.4 Å². The van der Waals surface area contributed by atoms with E-state index in [0.29, 0.717) is 5.92 Å². The van der Waals surface area contributed by atoms with Crippen LogP contribution in [0.2, 0.25) is 0 Å². The van der Waals surface area contributed by atoms with Gasteiger partial charge in [-0.2, -0.15) is 0 Å². The number of benzene rings is 1. The lowest BCUT2D eigenvalue weighted by atomic mass is 9.91. The third-order valence-corrected chi connectivity index (χ3v) is 3.44. The van der Waals surface area contributed by atoms with Crippen molar-refractivity contribution in [2.45, 2.75) is 39.7 Å². The number of hydrogen-bond donors (Lipinski definition) is 0. The number of nitrogens with zero attached hydrogens (tertiary/aromatic N) is 1. The van der Waals surface area contributed by atoms with Crippen molar-refractivity contribution in [2.24, 2.45) is 0 Å². The topological polar surface area (TPSA) is 29.5 Å². The van der Waals surface area contributed by atoms with Crippen LogP contribution >= 0.6 is 0 Å². The Kier molecular flexibility index (Phi) is 5.12. The third kappa shape index (κ3) is 3.35. The van der Waals surface area contributed by atoms with Gasteiger partial charge in [-0.25, -0.2) is 0 Å². The van der Waals surface area contributed by atoms with Gasteiger partial charge in [0.05, 0.1) is 13.2 Å². The van der Waals surface area contributed by atoms with E-state index in [1.54, 1.807) is 14.0 Å². The second-order valence-corrected chi connectivity index (χ2v) is 5.58. The van der Waals surface area contributed by atoms with Crippen LogP contribution in [0.4, 0.5) is 0 Å². The van der Waals surface area contributed by atoms with E-state index in [9.17, 15) is 4.79 Å². The third-order valence-electron chi connectivity index (χ3n) is 3.44. The molecule has 19 heavy (non-hydrogen) atoms. The zero-order valence-electron chi connectivity index (χ0n) is 13.1. The molecule has 0 heterocycles. The van der Waals surface area contributed by atoms with E-state index in [-0.39, 0.29) is 11.8 Å². The number of likely N-dealkylation sites (N-methyl/N-ethyl adjacent to an activating group) is 1. The van der Waals surface area contributed by atoms with Gasteiger partial charge in [-0.15, -0.1) is 0 Å². The van der Waals surface area contributed by atoms with Gasteiger partial charge in [0, 0.05) is 0 Å². The summed E-state index contributed by atoms with van der Waals surface area (Å²) < 4.78 is 5.44. The Morgan fingerprint density at radius 1 is 1.21 bits per heavy atom. The maximum atomic E-state index is 11.9. The summed E-state index contributed by atoms with van der Waals surface area (Å²) >= 11 is 0. The highest BCUT2D eigenvalue weighted by Gasteiger charge is 2.23. The van der Waals surface area contributed by atoms with Gasteiger partial charge in [-0.05, 0) is 62.7 Å². The molecule has 0 spiro atoms. The lowest BCUT2D eigenvalue weighted by Gasteiger charge is -2.25. The van der Waals surface area contributed by atoms with Crippen LogP contribution in [0, 0.1) is 6.92 Å². The van der Waals surface area contributed by atoms with Gasteiger partial charge in [0.25, 0.3) is 0 Å². The van der Waals surface area contributed by atoms with E-state index in [1.807, 2.05) is 32.0 Å². The molecule has 0 fully saturated rings. The summed E-state index contributed by atoms with van der Waals surface area (Å²) in [4.78, 5) is 13.9. The molecule has 0 saturated heterocycles. The zero-order chi connectivity index (χ0) is 14.7. The summed E-state index contributed by atoms with van der Waals surface area (Å²) in [7, 11) is 5.56. The van der Waals surface area contributed by atoms with Gasteiger partial charge in [0.2, 0.25) is 0 Å². The van der Waals surface area contributed by atoms with Gasteiger partial charge in [-0.3, -0.25) is 9.69 Å². The average molecular weight is 263 g/mol. The summed E-state index contributed by atoms with van der Waals surface area (Å²) in [5, 5.41) is 0. The van der Waals surface area contributed by atoms with E-state index in [2.05, 4.69) is 19.9 Å². The number of aryl methyl sites for hydroxylation is 1. The van der Waals surface area contributed by atoms with E-state index in [1.165, 1.54) is 0 Å². The molecule has 1 rings (SSSR count). The Bertz CT molecular complexity index is 464. The number of Topliss-reactive ketones (excluding diaryl/α,β-unsaturated/α-hetero) is 1. The highest BCUT2D eigenvalue weighted by Crippen LogP contribution is 2.33. The zero-order valence-corrected chi connectivity index (χ0v) is 13.1. The number of ketones is 1. The van der Waals surface area contributed by atoms with E-state index in [4.69, 9.17) is 4.74 Å². The maximum absolute atomic E-state index is 11.9. The highest BCUT2D eigenvalue weighted by atomic mass is 16.5. The number of carbonyl (C=O) groups is 1. The summed E-state index contributed by atoms with van der Waals surface area (Å²) in [6.07, 6.45) is 0. The Balaban J connectivity index is 3.43. The molecule has 106 valence electrons. The van der Waals surface area contributed by atoms with E-state index in [0.717, 1.165) is 22.4 Å². The fraction of sp³-hybridized carbons (Fsp3) is 0.562. The lowest BCUT2D eigenvalue weighted by molar-refractivity contribution is -0.121. The molecule has 0 aromatic heterocycles. The Morgan fingerprint density at radius 3 is 2.16 bits per heavy atom. The average Bonchev–Trinajstić information content (AvgIpc) is 2.29. The molecule has 0 amide bonds. The van der Waals surface area contributed by atoms with E-state index >= 15 is 0 Å². The van der Waals surface area contributed by atoms with Gasteiger partial charge in [0.15, 0.2) is 5.78 Å².